The molecule has 126 valence electrons. The number of rotatable bonds is 7. The molecule has 1 aromatic carbocycles. The first-order valence-corrected chi connectivity index (χ1v) is 8.63. The number of thioether (sulfide) groups is 1. The molecule has 0 bridgehead atoms. The van der Waals surface area contributed by atoms with Crippen LogP contribution in [0.5, 0.6) is 17.2 Å². The van der Waals surface area contributed by atoms with Crippen molar-refractivity contribution >= 4 is 23.1 Å². The van der Waals surface area contributed by atoms with Gasteiger partial charge in [-0.2, -0.15) is 0 Å². The Morgan fingerprint density at radius 2 is 1.79 bits per heavy atom. The van der Waals surface area contributed by atoms with Crippen LogP contribution in [0.25, 0.3) is 11.5 Å². The van der Waals surface area contributed by atoms with Crippen molar-refractivity contribution in [2.45, 2.75) is 10.1 Å². The zero-order valence-electron chi connectivity index (χ0n) is 13.2. The van der Waals surface area contributed by atoms with Gasteiger partial charge in [0.1, 0.15) is 5.51 Å². The molecule has 0 aliphatic carbocycles. The maximum atomic E-state index is 5.70. The summed E-state index contributed by atoms with van der Waals surface area (Å²) < 4.78 is 22.5. The first kappa shape index (κ1) is 16.5. The second kappa shape index (κ2) is 7.49. The highest BCUT2D eigenvalue weighted by molar-refractivity contribution is 8.00. The quantitative estimate of drug-likeness (QED) is 0.585. The minimum Gasteiger partial charge on any atom is -0.493 e. The predicted octanol–water partition coefficient (Wildman–Crippen LogP) is 2.91. The first-order valence-electron chi connectivity index (χ1n) is 6.77. The van der Waals surface area contributed by atoms with Gasteiger partial charge in [0.2, 0.25) is 17.5 Å². The summed E-state index contributed by atoms with van der Waals surface area (Å²) in [5.74, 6) is 2.95. The summed E-state index contributed by atoms with van der Waals surface area (Å²) >= 11 is 2.95. The SMILES string of the molecule is COc1cc(-c2nnc(CSc3nncs3)o2)cc(OC)c1OC. The van der Waals surface area contributed by atoms with E-state index in [1.807, 2.05) is 0 Å². The summed E-state index contributed by atoms with van der Waals surface area (Å²) in [6, 6.07) is 3.52. The molecule has 8 nitrogen and oxygen atoms in total. The van der Waals surface area contributed by atoms with Crippen LogP contribution < -0.4 is 14.2 Å². The number of nitrogens with zero attached hydrogens (tertiary/aromatic N) is 4. The van der Waals surface area contributed by atoms with E-state index in [1.165, 1.54) is 23.1 Å². The minimum absolute atomic E-state index is 0.377. The van der Waals surface area contributed by atoms with Crippen molar-refractivity contribution in [3.05, 3.63) is 23.5 Å². The van der Waals surface area contributed by atoms with Gasteiger partial charge in [-0.05, 0) is 12.1 Å². The highest BCUT2D eigenvalue weighted by Gasteiger charge is 2.17. The van der Waals surface area contributed by atoms with Gasteiger partial charge in [-0.25, -0.2) is 0 Å². The average Bonchev–Trinajstić information content (AvgIpc) is 3.30. The maximum absolute atomic E-state index is 5.70. The largest absolute Gasteiger partial charge is 0.493 e. The van der Waals surface area contributed by atoms with Crippen molar-refractivity contribution in [3.63, 3.8) is 0 Å². The van der Waals surface area contributed by atoms with E-state index in [1.54, 1.807) is 39.0 Å². The van der Waals surface area contributed by atoms with Gasteiger partial charge < -0.3 is 18.6 Å². The lowest BCUT2D eigenvalue weighted by atomic mass is 10.2. The zero-order valence-corrected chi connectivity index (χ0v) is 14.8. The standard InChI is InChI=1S/C14H14N4O4S2/c1-19-9-4-8(5-10(20-2)12(9)21-3)13-17-16-11(22-13)6-23-14-18-15-7-24-14/h4-5,7H,6H2,1-3H3. The Morgan fingerprint density at radius 1 is 1.04 bits per heavy atom. The molecule has 0 fully saturated rings. The van der Waals surface area contributed by atoms with Crippen molar-refractivity contribution in [2.24, 2.45) is 0 Å². The van der Waals surface area contributed by atoms with Crippen LogP contribution in [0.4, 0.5) is 0 Å². The highest BCUT2D eigenvalue weighted by Crippen LogP contribution is 2.41. The van der Waals surface area contributed by atoms with Gasteiger partial charge in [-0.15, -0.1) is 20.4 Å². The molecule has 0 saturated heterocycles. The van der Waals surface area contributed by atoms with Crippen LogP contribution in [0.15, 0.2) is 26.4 Å². The summed E-state index contributed by atoms with van der Waals surface area (Å²) in [4.78, 5) is 0. The molecule has 0 radical (unpaired) electrons. The molecule has 0 amide bonds. The summed E-state index contributed by atoms with van der Waals surface area (Å²) in [5.41, 5.74) is 2.36. The minimum atomic E-state index is 0.377. The van der Waals surface area contributed by atoms with E-state index in [9.17, 15) is 0 Å². The molecule has 2 aromatic heterocycles. The number of ether oxygens (including phenoxy) is 3. The molecule has 24 heavy (non-hydrogen) atoms. The van der Waals surface area contributed by atoms with Crippen LogP contribution in [-0.4, -0.2) is 41.7 Å². The molecule has 0 aliphatic heterocycles. The first-order chi connectivity index (χ1) is 11.7. The predicted molar refractivity (Wildman–Crippen MR) is 88.9 cm³/mol. The van der Waals surface area contributed by atoms with E-state index in [0.29, 0.717) is 40.3 Å². The molecule has 0 atom stereocenters. The van der Waals surface area contributed by atoms with Crippen LogP contribution >= 0.6 is 23.1 Å². The number of hydrogen-bond donors (Lipinski definition) is 0. The van der Waals surface area contributed by atoms with E-state index >= 15 is 0 Å². The van der Waals surface area contributed by atoms with Crippen molar-refractivity contribution < 1.29 is 18.6 Å². The molecule has 0 aliphatic rings. The molecule has 0 saturated carbocycles. The molecule has 2 heterocycles. The number of hydrogen-bond acceptors (Lipinski definition) is 10. The fourth-order valence-electron chi connectivity index (χ4n) is 1.98. The third-order valence-electron chi connectivity index (χ3n) is 3.04. The van der Waals surface area contributed by atoms with Crippen LogP contribution in [0.3, 0.4) is 0 Å². The number of methoxy groups -OCH3 is 3. The van der Waals surface area contributed by atoms with Gasteiger partial charge in [0, 0.05) is 5.56 Å². The van der Waals surface area contributed by atoms with Gasteiger partial charge in [-0.3, -0.25) is 0 Å². The van der Waals surface area contributed by atoms with Crippen molar-refractivity contribution in [1.82, 2.24) is 20.4 Å². The van der Waals surface area contributed by atoms with Gasteiger partial charge in [0.15, 0.2) is 15.8 Å². The van der Waals surface area contributed by atoms with Crippen molar-refractivity contribution in [2.75, 3.05) is 21.3 Å². The highest BCUT2D eigenvalue weighted by atomic mass is 32.2. The van der Waals surface area contributed by atoms with Gasteiger partial charge in [0.25, 0.3) is 0 Å². The molecular formula is C14H14N4O4S2. The van der Waals surface area contributed by atoms with E-state index in [2.05, 4.69) is 20.4 Å². The monoisotopic (exact) mass is 366 g/mol. The third-order valence-corrected chi connectivity index (χ3v) is 4.88. The van der Waals surface area contributed by atoms with E-state index in [-0.39, 0.29) is 0 Å². The lowest BCUT2D eigenvalue weighted by Crippen LogP contribution is -1.95. The smallest absolute Gasteiger partial charge is 0.248 e. The van der Waals surface area contributed by atoms with Crippen molar-refractivity contribution in [3.8, 4) is 28.7 Å². The van der Waals surface area contributed by atoms with E-state index in [4.69, 9.17) is 18.6 Å². The van der Waals surface area contributed by atoms with E-state index < -0.39 is 0 Å². The summed E-state index contributed by atoms with van der Waals surface area (Å²) in [7, 11) is 4.66. The van der Waals surface area contributed by atoms with Crippen LogP contribution in [0.1, 0.15) is 5.89 Å². The summed E-state index contributed by atoms with van der Waals surface area (Å²) in [6.07, 6.45) is 0. The second-order valence-electron chi connectivity index (χ2n) is 4.41. The Bertz CT molecular complexity index is 782. The van der Waals surface area contributed by atoms with Crippen LogP contribution in [0.2, 0.25) is 0 Å². The lowest BCUT2D eigenvalue weighted by Gasteiger charge is -2.12. The molecule has 10 heteroatoms. The molecule has 3 rings (SSSR count). The fourth-order valence-corrected chi connectivity index (χ4v) is 3.31. The second-order valence-corrected chi connectivity index (χ2v) is 6.46. The van der Waals surface area contributed by atoms with Crippen molar-refractivity contribution in [1.29, 1.82) is 0 Å². The Hall–Kier alpha value is -2.33. The summed E-state index contributed by atoms with van der Waals surface area (Å²) in [5, 5.41) is 15.9. The number of aromatic nitrogens is 4. The van der Waals surface area contributed by atoms with Crippen LogP contribution in [-0.2, 0) is 5.75 Å². The topological polar surface area (TPSA) is 92.4 Å². The Balaban J connectivity index is 1.84. The molecule has 0 N–H and O–H groups in total. The maximum Gasteiger partial charge on any atom is 0.248 e. The van der Waals surface area contributed by atoms with Gasteiger partial charge in [-0.1, -0.05) is 23.1 Å². The molecule has 0 unspecified atom stereocenters. The zero-order chi connectivity index (χ0) is 16.9. The molecular weight excluding hydrogens is 352 g/mol. The number of benzene rings is 1. The van der Waals surface area contributed by atoms with E-state index in [0.717, 1.165) is 4.34 Å². The molecule has 3 aromatic rings. The third kappa shape index (κ3) is 3.44. The average molecular weight is 366 g/mol. The Labute approximate surface area is 146 Å². The lowest BCUT2D eigenvalue weighted by molar-refractivity contribution is 0.324. The fraction of sp³-hybridized carbons (Fsp3) is 0.286. The van der Waals surface area contributed by atoms with Crippen LogP contribution in [0, 0.1) is 0 Å². The molecule has 0 spiro atoms. The van der Waals surface area contributed by atoms with Gasteiger partial charge >= 0.3 is 0 Å². The summed E-state index contributed by atoms with van der Waals surface area (Å²) in [6.45, 7) is 0. The Morgan fingerprint density at radius 3 is 2.38 bits per heavy atom. The Kier molecular flexibility index (Phi) is 5.16. The normalized spacial score (nSPS) is 10.6. The van der Waals surface area contributed by atoms with Gasteiger partial charge in [0.05, 0.1) is 27.1 Å².